The van der Waals surface area contributed by atoms with E-state index in [1.807, 2.05) is 20.8 Å². The number of piperidine rings is 1. The number of ketones is 1. The molecule has 2 atom stereocenters. The van der Waals surface area contributed by atoms with Gasteiger partial charge in [-0.2, -0.15) is 0 Å². The van der Waals surface area contributed by atoms with Crippen molar-refractivity contribution >= 4 is 34.8 Å². The van der Waals surface area contributed by atoms with Crippen molar-refractivity contribution in [2.75, 3.05) is 6.54 Å². The van der Waals surface area contributed by atoms with Gasteiger partial charge in [-0.25, -0.2) is 4.79 Å². The Hall–Kier alpha value is -1.07. The van der Waals surface area contributed by atoms with Crippen LogP contribution in [0.25, 0.3) is 0 Å². The standard InChI is InChI=1S/C17H24ClNO3S/c1-11-7-8-19(16(21)22-17(2,3)4)12(9-11)10-13(20)14-5-6-15(18)23-14/h5-6,11-12H,7-10H2,1-4H3. The number of likely N-dealkylation sites (tertiary alicyclic amines) is 1. The number of carbonyl (C=O) groups is 2. The molecule has 2 rings (SSSR count). The van der Waals surface area contributed by atoms with Crippen molar-refractivity contribution in [3.8, 4) is 0 Å². The van der Waals surface area contributed by atoms with Crippen LogP contribution in [0.4, 0.5) is 4.79 Å². The summed E-state index contributed by atoms with van der Waals surface area (Å²) in [4.78, 5) is 27.3. The van der Waals surface area contributed by atoms with Crippen molar-refractivity contribution in [1.82, 2.24) is 4.90 Å². The Kier molecular flexibility index (Phi) is 5.74. The van der Waals surface area contributed by atoms with Crippen LogP contribution in [-0.4, -0.2) is 35.0 Å². The van der Waals surface area contributed by atoms with Gasteiger partial charge in [-0.15, -0.1) is 11.3 Å². The van der Waals surface area contributed by atoms with E-state index in [1.54, 1.807) is 17.0 Å². The second-order valence-corrected chi connectivity index (χ2v) is 8.90. The number of carbonyl (C=O) groups excluding carboxylic acids is 2. The van der Waals surface area contributed by atoms with E-state index in [1.165, 1.54) is 11.3 Å². The van der Waals surface area contributed by atoms with E-state index in [0.717, 1.165) is 12.8 Å². The highest BCUT2D eigenvalue weighted by atomic mass is 35.5. The maximum absolute atomic E-state index is 12.5. The van der Waals surface area contributed by atoms with E-state index in [9.17, 15) is 9.59 Å². The predicted molar refractivity (Wildman–Crippen MR) is 93.4 cm³/mol. The lowest BCUT2D eigenvalue weighted by Crippen LogP contribution is -2.48. The number of ether oxygens (including phenoxy) is 1. The fourth-order valence-corrected chi connectivity index (χ4v) is 3.78. The largest absolute Gasteiger partial charge is 0.444 e. The first-order valence-electron chi connectivity index (χ1n) is 7.94. The van der Waals surface area contributed by atoms with E-state index in [-0.39, 0.29) is 17.9 Å². The normalized spacial score (nSPS) is 22.0. The zero-order chi connectivity index (χ0) is 17.2. The third kappa shape index (κ3) is 5.21. The molecule has 1 aromatic rings. The zero-order valence-electron chi connectivity index (χ0n) is 14.1. The highest BCUT2D eigenvalue weighted by Crippen LogP contribution is 2.29. The van der Waals surface area contributed by atoms with Gasteiger partial charge in [-0.3, -0.25) is 4.79 Å². The first kappa shape index (κ1) is 18.3. The molecule has 0 aromatic carbocycles. The summed E-state index contributed by atoms with van der Waals surface area (Å²) in [5.74, 6) is 0.535. The molecule has 0 spiro atoms. The number of halogens is 1. The number of amides is 1. The summed E-state index contributed by atoms with van der Waals surface area (Å²) in [6, 6.07) is 3.37. The third-order valence-electron chi connectivity index (χ3n) is 3.88. The molecule has 1 aliphatic heterocycles. The van der Waals surface area contributed by atoms with Crippen LogP contribution in [0.15, 0.2) is 12.1 Å². The molecule has 2 heterocycles. The molecule has 0 bridgehead atoms. The number of Topliss-reactive ketones (excluding diaryl/α,β-unsaturated/α-hetero) is 1. The Bertz CT molecular complexity index is 579. The molecule has 0 aliphatic carbocycles. The minimum absolute atomic E-state index is 0.0366. The van der Waals surface area contributed by atoms with E-state index < -0.39 is 5.60 Å². The summed E-state index contributed by atoms with van der Waals surface area (Å²) in [5, 5.41) is 0. The second kappa shape index (κ2) is 7.22. The minimum atomic E-state index is -0.532. The molecule has 6 heteroatoms. The van der Waals surface area contributed by atoms with E-state index in [4.69, 9.17) is 16.3 Å². The minimum Gasteiger partial charge on any atom is -0.444 e. The third-order valence-corrected chi connectivity index (χ3v) is 5.15. The highest BCUT2D eigenvalue weighted by Gasteiger charge is 2.34. The van der Waals surface area contributed by atoms with E-state index >= 15 is 0 Å². The summed E-state index contributed by atoms with van der Waals surface area (Å²) < 4.78 is 6.10. The molecule has 0 radical (unpaired) electrons. The summed E-state index contributed by atoms with van der Waals surface area (Å²) >= 11 is 7.19. The average Bonchev–Trinajstić information content (AvgIpc) is 2.83. The van der Waals surface area contributed by atoms with Gasteiger partial charge in [0.2, 0.25) is 0 Å². The Morgan fingerprint density at radius 3 is 2.65 bits per heavy atom. The van der Waals surface area contributed by atoms with Crippen molar-refractivity contribution < 1.29 is 14.3 Å². The quantitative estimate of drug-likeness (QED) is 0.714. The molecule has 1 fully saturated rings. The molecule has 1 aromatic heterocycles. The van der Waals surface area contributed by atoms with Gasteiger partial charge < -0.3 is 9.64 Å². The van der Waals surface area contributed by atoms with Gasteiger partial charge in [0.15, 0.2) is 5.78 Å². The predicted octanol–water partition coefficient (Wildman–Crippen LogP) is 5.01. The second-order valence-electron chi connectivity index (χ2n) is 7.19. The number of nitrogens with zero attached hydrogens (tertiary/aromatic N) is 1. The monoisotopic (exact) mass is 357 g/mol. The molecule has 0 saturated carbocycles. The SMILES string of the molecule is CC1CCN(C(=O)OC(C)(C)C)C(CC(=O)c2ccc(Cl)s2)C1. The molecular formula is C17H24ClNO3S. The Labute approximate surface area is 146 Å². The van der Waals surface area contributed by atoms with Gasteiger partial charge in [0.05, 0.1) is 9.21 Å². The van der Waals surface area contributed by atoms with Crippen LogP contribution in [0.3, 0.4) is 0 Å². The average molecular weight is 358 g/mol. The lowest BCUT2D eigenvalue weighted by Gasteiger charge is -2.38. The lowest BCUT2D eigenvalue weighted by atomic mass is 9.90. The lowest BCUT2D eigenvalue weighted by molar-refractivity contribution is 0.00516. The van der Waals surface area contributed by atoms with Gasteiger partial charge in [0.25, 0.3) is 0 Å². The maximum atomic E-state index is 12.5. The molecule has 1 aliphatic rings. The number of rotatable bonds is 3. The summed E-state index contributed by atoms with van der Waals surface area (Å²) in [7, 11) is 0. The molecule has 1 amide bonds. The van der Waals surface area contributed by atoms with Crippen molar-refractivity contribution in [2.24, 2.45) is 5.92 Å². The molecule has 0 N–H and O–H groups in total. The Balaban J connectivity index is 2.08. The molecule has 2 unspecified atom stereocenters. The van der Waals surface area contributed by atoms with Crippen LogP contribution >= 0.6 is 22.9 Å². The smallest absolute Gasteiger partial charge is 0.410 e. The fraction of sp³-hybridized carbons (Fsp3) is 0.647. The molecule has 128 valence electrons. The summed E-state index contributed by atoms with van der Waals surface area (Å²) in [6.07, 6.45) is 1.76. The summed E-state index contributed by atoms with van der Waals surface area (Å²) in [6.45, 7) is 8.35. The van der Waals surface area contributed by atoms with Gasteiger partial charge in [0, 0.05) is 19.0 Å². The zero-order valence-corrected chi connectivity index (χ0v) is 15.7. The molecule has 1 saturated heterocycles. The summed E-state index contributed by atoms with van der Waals surface area (Å²) in [5.41, 5.74) is -0.532. The number of hydrogen-bond donors (Lipinski definition) is 0. The molecular weight excluding hydrogens is 334 g/mol. The fourth-order valence-electron chi connectivity index (χ4n) is 2.78. The first-order valence-corrected chi connectivity index (χ1v) is 9.13. The van der Waals surface area contributed by atoms with Crippen LogP contribution < -0.4 is 0 Å². The van der Waals surface area contributed by atoms with E-state index in [2.05, 4.69) is 6.92 Å². The first-order chi connectivity index (χ1) is 10.7. The highest BCUT2D eigenvalue weighted by molar-refractivity contribution is 7.18. The number of hydrogen-bond acceptors (Lipinski definition) is 4. The van der Waals surface area contributed by atoms with Crippen LogP contribution in [0, 0.1) is 5.92 Å². The van der Waals surface area contributed by atoms with Crippen molar-refractivity contribution in [3.63, 3.8) is 0 Å². The molecule has 23 heavy (non-hydrogen) atoms. The Morgan fingerprint density at radius 1 is 1.39 bits per heavy atom. The van der Waals surface area contributed by atoms with Crippen LogP contribution in [-0.2, 0) is 4.74 Å². The topological polar surface area (TPSA) is 46.6 Å². The van der Waals surface area contributed by atoms with Crippen LogP contribution in [0.5, 0.6) is 0 Å². The van der Waals surface area contributed by atoms with Crippen LogP contribution in [0.1, 0.15) is 56.6 Å². The molecule has 4 nitrogen and oxygen atoms in total. The van der Waals surface area contributed by atoms with Gasteiger partial charge >= 0.3 is 6.09 Å². The maximum Gasteiger partial charge on any atom is 0.410 e. The van der Waals surface area contributed by atoms with E-state index in [0.29, 0.717) is 28.1 Å². The van der Waals surface area contributed by atoms with Gasteiger partial charge in [0.1, 0.15) is 5.60 Å². The Morgan fingerprint density at radius 2 is 2.09 bits per heavy atom. The van der Waals surface area contributed by atoms with Crippen molar-refractivity contribution in [3.05, 3.63) is 21.3 Å². The van der Waals surface area contributed by atoms with Crippen molar-refractivity contribution in [1.29, 1.82) is 0 Å². The van der Waals surface area contributed by atoms with Crippen molar-refractivity contribution in [2.45, 2.75) is 58.6 Å². The van der Waals surface area contributed by atoms with Gasteiger partial charge in [-0.05, 0) is 51.7 Å². The van der Waals surface area contributed by atoms with Crippen LogP contribution in [0.2, 0.25) is 4.34 Å². The number of thiophene rings is 1. The van der Waals surface area contributed by atoms with Gasteiger partial charge in [-0.1, -0.05) is 18.5 Å².